The third kappa shape index (κ3) is 3.64. The maximum Gasteiger partial charge on any atom is 0.236 e. The second-order valence-electron chi connectivity index (χ2n) is 4.78. The standard InChI is InChI=1S/C16H13FN2OS2/c1-10-2-7-13-14(8-10)22-16(18-13)19-15(20)9-21-12-5-3-11(17)4-6-12/h2-8H,9H2,1H3,(H,18,19,20). The lowest BCUT2D eigenvalue weighted by molar-refractivity contribution is -0.113. The van der Waals surface area contributed by atoms with Crippen LogP contribution in [0.1, 0.15) is 5.56 Å². The Labute approximate surface area is 135 Å². The number of benzene rings is 2. The second kappa shape index (κ2) is 6.46. The third-order valence-electron chi connectivity index (χ3n) is 2.97. The summed E-state index contributed by atoms with van der Waals surface area (Å²) in [6, 6.07) is 12.1. The van der Waals surface area contributed by atoms with Crippen LogP contribution in [-0.4, -0.2) is 16.6 Å². The first-order chi connectivity index (χ1) is 10.6. The van der Waals surface area contributed by atoms with Gasteiger partial charge in [-0.3, -0.25) is 4.79 Å². The topological polar surface area (TPSA) is 42.0 Å². The summed E-state index contributed by atoms with van der Waals surface area (Å²) in [7, 11) is 0. The lowest BCUT2D eigenvalue weighted by Gasteiger charge is -2.01. The Balaban J connectivity index is 1.61. The van der Waals surface area contributed by atoms with Gasteiger partial charge in [0.15, 0.2) is 5.13 Å². The first-order valence-electron chi connectivity index (χ1n) is 6.65. The number of aromatic nitrogens is 1. The Morgan fingerprint density at radius 2 is 2.05 bits per heavy atom. The Bertz CT molecular complexity index is 815. The fraction of sp³-hybridized carbons (Fsp3) is 0.125. The number of halogens is 1. The summed E-state index contributed by atoms with van der Waals surface area (Å²) >= 11 is 2.83. The van der Waals surface area contributed by atoms with Crippen LogP contribution in [0, 0.1) is 12.7 Å². The second-order valence-corrected chi connectivity index (χ2v) is 6.86. The molecule has 6 heteroatoms. The van der Waals surface area contributed by atoms with E-state index in [0.717, 1.165) is 15.1 Å². The smallest absolute Gasteiger partial charge is 0.236 e. The fourth-order valence-corrected chi connectivity index (χ4v) is 3.60. The molecule has 3 rings (SSSR count). The maximum absolute atomic E-state index is 12.8. The van der Waals surface area contributed by atoms with Gasteiger partial charge in [-0.25, -0.2) is 9.37 Å². The number of thioether (sulfide) groups is 1. The predicted molar refractivity (Wildman–Crippen MR) is 90.1 cm³/mol. The van der Waals surface area contributed by atoms with E-state index in [0.29, 0.717) is 5.13 Å². The van der Waals surface area contributed by atoms with Gasteiger partial charge in [-0.15, -0.1) is 11.8 Å². The van der Waals surface area contributed by atoms with Crippen LogP contribution in [0.4, 0.5) is 9.52 Å². The van der Waals surface area contributed by atoms with Crippen LogP contribution in [0.3, 0.4) is 0 Å². The van der Waals surface area contributed by atoms with E-state index in [9.17, 15) is 9.18 Å². The van der Waals surface area contributed by atoms with Crippen molar-refractivity contribution >= 4 is 44.4 Å². The van der Waals surface area contributed by atoms with Crippen LogP contribution in [0.2, 0.25) is 0 Å². The molecular formula is C16H13FN2OS2. The highest BCUT2D eigenvalue weighted by Gasteiger charge is 2.08. The zero-order valence-corrected chi connectivity index (χ0v) is 13.4. The third-order valence-corrected chi connectivity index (χ3v) is 4.92. The maximum atomic E-state index is 12.8. The van der Waals surface area contributed by atoms with Crippen molar-refractivity contribution in [2.24, 2.45) is 0 Å². The van der Waals surface area contributed by atoms with Crippen molar-refractivity contribution in [2.45, 2.75) is 11.8 Å². The van der Waals surface area contributed by atoms with Crippen molar-refractivity contribution in [1.82, 2.24) is 4.98 Å². The molecule has 1 aromatic heterocycles. The summed E-state index contributed by atoms with van der Waals surface area (Å²) in [4.78, 5) is 17.2. The summed E-state index contributed by atoms with van der Waals surface area (Å²) in [5.74, 6) is -0.135. The molecule has 22 heavy (non-hydrogen) atoms. The number of anilines is 1. The molecule has 0 aliphatic heterocycles. The number of carbonyl (C=O) groups excluding carboxylic acids is 1. The van der Waals surface area contributed by atoms with E-state index >= 15 is 0 Å². The molecule has 112 valence electrons. The van der Waals surface area contributed by atoms with Crippen molar-refractivity contribution in [2.75, 3.05) is 11.1 Å². The van der Waals surface area contributed by atoms with Gasteiger partial charge in [0.1, 0.15) is 5.82 Å². The number of amides is 1. The summed E-state index contributed by atoms with van der Waals surface area (Å²) in [5, 5.41) is 3.41. The Morgan fingerprint density at radius 1 is 1.27 bits per heavy atom. The summed E-state index contributed by atoms with van der Waals surface area (Å²) in [6.07, 6.45) is 0. The van der Waals surface area contributed by atoms with E-state index in [1.54, 1.807) is 12.1 Å². The molecule has 0 aliphatic carbocycles. The monoisotopic (exact) mass is 332 g/mol. The Kier molecular flexibility index (Phi) is 4.40. The molecule has 1 amide bonds. The molecular weight excluding hydrogens is 319 g/mol. The summed E-state index contributed by atoms with van der Waals surface area (Å²) in [6.45, 7) is 2.02. The number of rotatable bonds is 4. The van der Waals surface area contributed by atoms with Crippen molar-refractivity contribution in [3.8, 4) is 0 Å². The molecule has 2 aromatic carbocycles. The average Bonchev–Trinajstić information content (AvgIpc) is 2.88. The lowest BCUT2D eigenvalue weighted by atomic mass is 10.2. The molecule has 0 saturated carbocycles. The Hall–Kier alpha value is -1.92. The van der Waals surface area contributed by atoms with E-state index in [-0.39, 0.29) is 17.5 Å². The van der Waals surface area contributed by atoms with Gasteiger partial charge in [-0.2, -0.15) is 0 Å². The number of aryl methyl sites for hydroxylation is 1. The highest BCUT2D eigenvalue weighted by molar-refractivity contribution is 8.00. The van der Waals surface area contributed by atoms with Gasteiger partial charge in [-0.1, -0.05) is 17.4 Å². The van der Waals surface area contributed by atoms with E-state index < -0.39 is 0 Å². The SMILES string of the molecule is Cc1ccc2nc(NC(=O)CSc3ccc(F)cc3)sc2c1. The quantitative estimate of drug-likeness (QED) is 0.717. The molecule has 0 bridgehead atoms. The minimum absolute atomic E-state index is 0.120. The number of fused-ring (bicyclic) bond motifs is 1. The minimum atomic E-state index is -0.279. The van der Waals surface area contributed by atoms with Crippen LogP contribution < -0.4 is 5.32 Å². The highest BCUT2D eigenvalue weighted by Crippen LogP contribution is 2.27. The van der Waals surface area contributed by atoms with Crippen LogP contribution >= 0.6 is 23.1 Å². The van der Waals surface area contributed by atoms with Gasteiger partial charge in [0.05, 0.1) is 16.0 Å². The molecule has 1 heterocycles. The van der Waals surface area contributed by atoms with Gasteiger partial charge >= 0.3 is 0 Å². The summed E-state index contributed by atoms with van der Waals surface area (Å²) < 4.78 is 13.9. The molecule has 0 atom stereocenters. The van der Waals surface area contributed by atoms with Crippen molar-refractivity contribution in [3.05, 3.63) is 53.8 Å². The number of hydrogen-bond acceptors (Lipinski definition) is 4. The zero-order chi connectivity index (χ0) is 15.5. The molecule has 3 nitrogen and oxygen atoms in total. The van der Waals surface area contributed by atoms with Crippen molar-refractivity contribution in [1.29, 1.82) is 0 Å². The first kappa shape index (κ1) is 15.0. The van der Waals surface area contributed by atoms with Gasteiger partial charge in [-0.05, 0) is 48.9 Å². The van der Waals surface area contributed by atoms with Crippen LogP contribution in [0.25, 0.3) is 10.2 Å². The molecule has 0 aliphatic rings. The van der Waals surface area contributed by atoms with E-state index in [4.69, 9.17) is 0 Å². The zero-order valence-electron chi connectivity index (χ0n) is 11.8. The van der Waals surface area contributed by atoms with Gasteiger partial charge in [0.2, 0.25) is 5.91 Å². The summed E-state index contributed by atoms with van der Waals surface area (Å²) in [5.41, 5.74) is 2.05. The highest BCUT2D eigenvalue weighted by atomic mass is 32.2. The van der Waals surface area contributed by atoms with E-state index in [2.05, 4.69) is 16.4 Å². The van der Waals surface area contributed by atoms with Crippen molar-refractivity contribution < 1.29 is 9.18 Å². The van der Waals surface area contributed by atoms with Crippen LogP contribution in [0.15, 0.2) is 47.4 Å². The average molecular weight is 332 g/mol. The Morgan fingerprint density at radius 3 is 2.82 bits per heavy atom. The number of nitrogens with one attached hydrogen (secondary N) is 1. The molecule has 0 radical (unpaired) electrons. The molecule has 3 aromatic rings. The van der Waals surface area contributed by atoms with E-state index in [1.807, 2.05) is 19.1 Å². The lowest BCUT2D eigenvalue weighted by Crippen LogP contribution is -2.13. The molecule has 1 N–H and O–H groups in total. The molecule has 0 unspecified atom stereocenters. The van der Waals surface area contributed by atoms with Gasteiger partial charge in [0.25, 0.3) is 0 Å². The fourth-order valence-electron chi connectivity index (χ4n) is 1.92. The van der Waals surface area contributed by atoms with Crippen LogP contribution in [0.5, 0.6) is 0 Å². The molecule has 0 spiro atoms. The minimum Gasteiger partial charge on any atom is -0.301 e. The number of carbonyl (C=O) groups is 1. The first-order valence-corrected chi connectivity index (χ1v) is 8.46. The van der Waals surface area contributed by atoms with Crippen LogP contribution in [-0.2, 0) is 4.79 Å². The largest absolute Gasteiger partial charge is 0.301 e. The number of thiazole rings is 1. The number of nitrogens with zero attached hydrogens (tertiary/aromatic N) is 1. The van der Waals surface area contributed by atoms with Crippen molar-refractivity contribution in [3.63, 3.8) is 0 Å². The normalized spacial score (nSPS) is 10.8. The van der Waals surface area contributed by atoms with E-state index in [1.165, 1.54) is 40.8 Å². The molecule has 0 saturated heterocycles. The number of hydrogen-bond donors (Lipinski definition) is 1. The predicted octanol–water partition coefficient (Wildman–Crippen LogP) is 4.47. The molecule has 0 fully saturated rings. The van der Waals surface area contributed by atoms with Gasteiger partial charge in [0, 0.05) is 4.90 Å². The van der Waals surface area contributed by atoms with Gasteiger partial charge < -0.3 is 5.32 Å².